The van der Waals surface area contributed by atoms with Crippen LogP contribution in [0.1, 0.15) is 12.5 Å². The van der Waals surface area contributed by atoms with Crippen molar-refractivity contribution in [2.75, 3.05) is 19.0 Å². The van der Waals surface area contributed by atoms with E-state index in [4.69, 9.17) is 16.3 Å². The molecule has 98 valence electrons. The third-order valence-electron chi connectivity index (χ3n) is 2.36. The second kappa shape index (κ2) is 7.71. The third kappa shape index (κ3) is 4.75. The molecule has 1 aromatic carbocycles. The summed E-state index contributed by atoms with van der Waals surface area (Å²) in [5, 5.41) is 0. The summed E-state index contributed by atoms with van der Waals surface area (Å²) < 4.78 is 5.12. The van der Waals surface area contributed by atoms with Gasteiger partial charge in [0, 0.05) is 6.54 Å². The molecule has 0 N–H and O–H groups in total. The number of ether oxygens (including phenoxy) is 1. The van der Waals surface area contributed by atoms with Gasteiger partial charge in [-0.15, -0.1) is 11.6 Å². The van der Waals surface area contributed by atoms with E-state index in [0.717, 1.165) is 5.56 Å². The van der Waals surface area contributed by atoms with Crippen molar-refractivity contribution >= 4 is 23.5 Å². The smallest absolute Gasteiger partial charge is 0.410 e. The van der Waals surface area contributed by atoms with Gasteiger partial charge in [0.2, 0.25) is 0 Å². The molecule has 0 unspecified atom stereocenters. The Morgan fingerprint density at radius 3 is 2.50 bits per heavy atom. The predicted octanol–water partition coefficient (Wildman–Crippen LogP) is 2.45. The van der Waals surface area contributed by atoms with E-state index in [9.17, 15) is 9.59 Å². The van der Waals surface area contributed by atoms with Crippen molar-refractivity contribution in [3.63, 3.8) is 0 Å². The van der Waals surface area contributed by atoms with Crippen molar-refractivity contribution < 1.29 is 14.3 Å². The maximum atomic E-state index is 11.7. The first-order chi connectivity index (χ1) is 8.67. The summed E-state index contributed by atoms with van der Waals surface area (Å²) in [6, 6.07) is 9.37. The van der Waals surface area contributed by atoms with Crippen LogP contribution >= 0.6 is 11.6 Å². The molecule has 0 spiro atoms. The maximum absolute atomic E-state index is 11.7. The molecule has 0 fully saturated rings. The van der Waals surface area contributed by atoms with E-state index in [1.54, 1.807) is 6.92 Å². The van der Waals surface area contributed by atoms with Gasteiger partial charge in [-0.2, -0.15) is 0 Å². The summed E-state index contributed by atoms with van der Waals surface area (Å²) >= 11 is 5.40. The lowest BCUT2D eigenvalue weighted by Gasteiger charge is -2.19. The molecule has 0 radical (unpaired) electrons. The Morgan fingerprint density at radius 2 is 1.94 bits per heavy atom. The number of amides is 1. The average molecular weight is 270 g/mol. The lowest BCUT2D eigenvalue weighted by molar-refractivity contribution is -0.117. The summed E-state index contributed by atoms with van der Waals surface area (Å²) in [5.74, 6) is -0.294. The molecule has 1 rings (SSSR count). The molecule has 0 aliphatic carbocycles. The molecule has 1 amide bonds. The van der Waals surface area contributed by atoms with E-state index in [0.29, 0.717) is 6.54 Å². The first-order valence-corrected chi connectivity index (χ1v) is 6.24. The highest BCUT2D eigenvalue weighted by Crippen LogP contribution is 2.03. The Hall–Kier alpha value is -1.55. The third-order valence-corrected chi connectivity index (χ3v) is 2.66. The zero-order valence-electron chi connectivity index (χ0n) is 10.3. The number of hydrogen-bond donors (Lipinski definition) is 0. The topological polar surface area (TPSA) is 46.6 Å². The summed E-state index contributed by atoms with van der Waals surface area (Å²) in [6.45, 7) is 2.39. The van der Waals surface area contributed by atoms with E-state index in [2.05, 4.69) is 0 Å². The van der Waals surface area contributed by atoms with Gasteiger partial charge >= 0.3 is 6.09 Å². The molecule has 0 aliphatic rings. The van der Waals surface area contributed by atoms with Crippen molar-refractivity contribution in [1.82, 2.24) is 4.90 Å². The highest BCUT2D eigenvalue weighted by atomic mass is 35.5. The van der Waals surface area contributed by atoms with Crippen LogP contribution in [0.3, 0.4) is 0 Å². The van der Waals surface area contributed by atoms with E-state index in [1.807, 2.05) is 30.3 Å². The van der Waals surface area contributed by atoms with E-state index < -0.39 is 6.09 Å². The summed E-state index contributed by atoms with van der Waals surface area (Å²) in [5.41, 5.74) is 0.908. The zero-order valence-corrected chi connectivity index (χ0v) is 11.0. The number of carbonyl (C=O) groups is 2. The van der Waals surface area contributed by atoms with Crippen molar-refractivity contribution in [1.29, 1.82) is 0 Å². The van der Waals surface area contributed by atoms with Gasteiger partial charge in [0.05, 0.1) is 12.4 Å². The standard InChI is InChI=1S/C13H16ClNO3/c1-2-15(9-12(16)8-14)13(17)18-10-11-6-4-3-5-7-11/h3-7H,2,8-10H2,1H3. The van der Waals surface area contributed by atoms with Crippen LogP contribution in [-0.2, 0) is 16.1 Å². The predicted molar refractivity (Wildman–Crippen MR) is 69.6 cm³/mol. The highest BCUT2D eigenvalue weighted by molar-refractivity contribution is 6.28. The molecule has 0 saturated carbocycles. The van der Waals surface area contributed by atoms with E-state index >= 15 is 0 Å². The average Bonchev–Trinajstić information content (AvgIpc) is 2.42. The van der Waals surface area contributed by atoms with Crippen molar-refractivity contribution in [3.05, 3.63) is 35.9 Å². The summed E-state index contributed by atoms with van der Waals surface area (Å²) in [4.78, 5) is 24.2. The molecule has 18 heavy (non-hydrogen) atoms. The number of alkyl halides is 1. The SMILES string of the molecule is CCN(CC(=O)CCl)C(=O)OCc1ccccc1. The van der Waals surface area contributed by atoms with Gasteiger partial charge in [-0.25, -0.2) is 4.79 Å². The number of carbonyl (C=O) groups excluding carboxylic acids is 2. The van der Waals surface area contributed by atoms with Gasteiger partial charge in [0.15, 0.2) is 5.78 Å². The highest BCUT2D eigenvalue weighted by Gasteiger charge is 2.16. The Morgan fingerprint density at radius 1 is 1.28 bits per heavy atom. The van der Waals surface area contributed by atoms with E-state index in [1.165, 1.54) is 4.90 Å². The molecule has 0 saturated heterocycles. The second-order valence-electron chi connectivity index (χ2n) is 3.73. The number of rotatable bonds is 6. The normalized spacial score (nSPS) is 9.89. The number of likely N-dealkylation sites (N-methyl/N-ethyl adjacent to an activating group) is 1. The van der Waals surface area contributed by atoms with Crippen LogP contribution < -0.4 is 0 Å². The minimum atomic E-state index is -0.500. The van der Waals surface area contributed by atoms with Gasteiger partial charge in [-0.1, -0.05) is 30.3 Å². The van der Waals surface area contributed by atoms with Crippen molar-refractivity contribution in [3.8, 4) is 0 Å². The summed E-state index contributed by atoms with van der Waals surface area (Å²) in [6.07, 6.45) is -0.500. The molecule has 4 nitrogen and oxygen atoms in total. The van der Waals surface area contributed by atoms with Crippen LogP contribution in [0.25, 0.3) is 0 Å². The first kappa shape index (κ1) is 14.5. The first-order valence-electron chi connectivity index (χ1n) is 5.70. The molecule has 0 aliphatic heterocycles. The molecule has 0 heterocycles. The largest absolute Gasteiger partial charge is 0.445 e. The molecule has 0 atom stereocenters. The van der Waals surface area contributed by atoms with Crippen LogP contribution in [0.2, 0.25) is 0 Å². The minimum absolute atomic E-state index is 0.00633. The van der Waals surface area contributed by atoms with E-state index in [-0.39, 0.29) is 24.8 Å². The second-order valence-corrected chi connectivity index (χ2v) is 3.99. The molecular formula is C13H16ClNO3. The number of ketones is 1. The van der Waals surface area contributed by atoms with Crippen LogP contribution in [0, 0.1) is 0 Å². The van der Waals surface area contributed by atoms with Gasteiger partial charge in [-0.05, 0) is 12.5 Å². The van der Waals surface area contributed by atoms with Crippen molar-refractivity contribution in [2.24, 2.45) is 0 Å². The molecule has 0 aromatic heterocycles. The monoisotopic (exact) mass is 269 g/mol. The fourth-order valence-corrected chi connectivity index (χ4v) is 1.46. The minimum Gasteiger partial charge on any atom is -0.445 e. The van der Waals surface area contributed by atoms with Gasteiger partial charge < -0.3 is 9.64 Å². The molecule has 5 heteroatoms. The Kier molecular flexibility index (Phi) is 6.22. The number of Topliss-reactive ketones (excluding diaryl/α,β-unsaturated/α-hetero) is 1. The Balaban J connectivity index is 2.45. The number of nitrogens with zero attached hydrogens (tertiary/aromatic N) is 1. The maximum Gasteiger partial charge on any atom is 0.410 e. The molecular weight excluding hydrogens is 254 g/mol. The van der Waals surface area contributed by atoms with Gasteiger partial charge in [0.1, 0.15) is 6.61 Å². The lowest BCUT2D eigenvalue weighted by atomic mass is 10.2. The quantitative estimate of drug-likeness (QED) is 0.745. The number of benzene rings is 1. The number of halogens is 1. The summed E-state index contributed by atoms with van der Waals surface area (Å²) in [7, 11) is 0. The fraction of sp³-hybridized carbons (Fsp3) is 0.385. The van der Waals surface area contributed by atoms with Gasteiger partial charge in [0.25, 0.3) is 0 Å². The van der Waals surface area contributed by atoms with Crippen LogP contribution in [0.5, 0.6) is 0 Å². The van der Waals surface area contributed by atoms with Crippen LogP contribution in [0.15, 0.2) is 30.3 Å². The Bertz CT molecular complexity index is 394. The Labute approximate surface area is 111 Å². The molecule has 0 bridgehead atoms. The van der Waals surface area contributed by atoms with Crippen LogP contribution in [-0.4, -0.2) is 35.7 Å². The molecule has 1 aromatic rings. The lowest BCUT2D eigenvalue weighted by Crippen LogP contribution is -2.36. The van der Waals surface area contributed by atoms with Crippen LogP contribution in [0.4, 0.5) is 4.79 Å². The van der Waals surface area contributed by atoms with Crippen molar-refractivity contribution in [2.45, 2.75) is 13.5 Å². The number of hydrogen-bond acceptors (Lipinski definition) is 3. The zero-order chi connectivity index (χ0) is 13.4. The van der Waals surface area contributed by atoms with Gasteiger partial charge in [-0.3, -0.25) is 4.79 Å². The fourth-order valence-electron chi connectivity index (χ4n) is 1.37.